The van der Waals surface area contributed by atoms with Crippen molar-refractivity contribution >= 4 is 5.97 Å². The van der Waals surface area contributed by atoms with Crippen molar-refractivity contribution in [3.63, 3.8) is 0 Å². The van der Waals surface area contributed by atoms with E-state index in [1.54, 1.807) is 0 Å². The molecule has 5 aliphatic carbocycles. The molecule has 0 aromatic heterocycles. The van der Waals surface area contributed by atoms with Gasteiger partial charge in [-0.3, -0.25) is 4.79 Å². The summed E-state index contributed by atoms with van der Waals surface area (Å²) in [4.78, 5) is 15.4. The van der Waals surface area contributed by atoms with Crippen LogP contribution >= 0.6 is 0 Å². The average molecular weight is 1090 g/mol. The second-order valence-corrected chi connectivity index (χ2v) is 25.8. The third-order valence-electron chi connectivity index (χ3n) is 21.1. The Bertz CT molecular complexity index is 2100. The van der Waals surface area contributed by atoms with Crippen molar-refractivity contribution in [1.82, 2.24) is 0 Å². The Morgan fingerprint density at radius 2 is 1.18 bits per heavy atom. The number of carbonyl (C=O) groups is 1. The molecule has 29 atom stereocenters. The van der Waals surface area contributed by atoms with Crippen LogP contribution in [0.3, 0.4) is 0 Å². The SMILES string of the molecule is C[C@@H]1O[C@@H](O[C@H]2[C@H](OC(=O)[C@]34CCC(C)(C)C[C@H]3C3=CC[C@@H]5[C@@]6(C)C[C@H](O)[C@H](O[C@@H]7O[C@H](CO)[C@@H](O)[C@H](O)[C@H]7O)[C@@](C)(CO)[C@@H]6CC[C@@]5(C)[C@]3(C)CC4)O[C@H](CO)[C@@H](O)[C@@H]2O)[C@H](O)[C@H](O)[C@H]1O[C@@H]1OC[C@@H](O)[C@H](O)[C@H]1O. The molecule has 4 saturated carbocycles. The number of hydrogen-bond donors (Lipinski definition) is 14. The minimum absolute atomic E-state index is 0.0243. The van der Waals surface area contributed by atoms with Crippen LogP contribution in [0.15, 0.2) is 11.6 Å². The molecule has 4 saturated heterocycles. The first-order valence-corrected chi connectivity index (χ1v) is 27.4. The van der Waals surface area contributed by atoms with Crippen molar-refractivity contribution in [3.05, 3.63) is 11.6 Å². The van der Waals surface area contributed by atoms with Crippen molar-refractivity contribution < 1.29 is 114 Å². The van der Waals surface area contributed by atoms with Gasteiger partial charge in [0.1, 0.15) is 79.4 Å². The molecule has 4 heterocycles. The van der Waals surface area contributed by atoms with Crippen LogP contribution in [0, 0.1) is 50.2 Å². The van der Waals surface area contributed by atoms with Gasteiger partial charge in [0.2, 0.25) is 6.29 Å². The molecule has 0 spiro atoms. The van der Waals surface area contributed by atoms with Crippen LogP contribution in [0.1, 0.15) is 106 Å². The highest BCUT2D eigenvalue weighted by Crippen LogP contribution is 2.76. The predicted molar refractivity (Wildman–Crippen MR) is 258 cm³/mol. The van der Waals surface area contributed by atoms with Gasteiger partial charge in [0, 0.05) is 5.41 Å². The van der Waals surface area contributed by atoms with Crippen LogP contribution < -0.4 is 0 Å². The van der Waals surface area contributed by atoms with E-state index < -0.39 is 170 Å². The second kappa shape index (κ2) is 21.3. The summed E-state index contributed by atoms with van der Waals surface area (Å²) in [5.74, 6) is -1.20. The highest BCUT2D eigenvalue weighted by Gasteiger charge is 2.72. The predicted octanol–water partition coefficient (Wildman–Crippen LogP) is -2.43. The van der Waals surface area contributed by atoms with Gasteiger partial charge in [0.05, 0.1) is 50.2 Å². The van der Waals surface area contributed by atoms with E-state index in [0.717, 1.165) is 5.57 Å². The number of hydrogen-bond acceptors (Lipinski definition) is 23. The molecule has 14 N–H and O–H groups in total. The molecule has 436 valence electrons. The van der Waals surface area contributed by atoms with Gasteiger partial charge < -0.3 is 109 Å². The monoisotopic (exact) mass is 1090 g/mol. The van der Waals surface area contributed by atoms with Crippen LogP contribution in [-0.4, -0.2) is 233 Å². The fourth-order valence-corrected chi connectivity index (χ4v) is 16.3. The lowest BCUT2D eigenvalue weighted by molar-refractivity contribution is -0.375. The number of rotatable bonds is 11. The zero-order chi connectivity index (χ0) is 55.6. The van der Waals surface area contributed by atoms with Crippen LogP contribution in [0.4, 0.5) is 0 Å². The number of fused-ring (bicyclic) bond motifs is 7. The van der Waals surface area contributed by atoms with Crippen molar-refractivity contribution in [2.75, 3.05) is 26.4 Å². The molecule has 23 heteroatoms. The zero-order valence-electron chi connectivity index (χ0n) is 44.6. The number of esters is 1. The van der Waals surface area contributed by atoms with E-state index in [2.05, 4.69) is 40.7 Å². The Morgan fingerprint density at radius 3 is 1.84 bits per heavy atom. The minimum Gasteiger partial charge on any atom is -0.432 e. The molecule has 9 rings (SSSR count). The molecular weight excluding hydrogens is 1000 g/mol. The molecule has 0 radical (unpaired) electrons. The molecular formula is C53H86O23. The summed E-state index contributed by atoms with van der Waals surface area (Å²) in [7, 11) is 0. The molecule has 9 aliphatic rings. The number of allylic oxidation sites excluding steroid dienone is 2. The molecule has 0 aromatic rings. The fraction of sp³-hybridized carbons (Fsp3) is 0.943. The highest BCUT2D eigenvalue weighted by molar-refractivity contribution is 5.79. The van der Waals surface area contributed by atoms with Gasteiger partial charge in [-0.15, -0.1) is 0 Å². The van der Waals surface area contributed by atoms with Crippen LogP contribution in [-0.2, 0) is 42.7 Å². The first-order chi connectivity index (χ1) is 35.6. The van der Waals surface area contributed by atoms with E-state index >= 15 is 4.79 Å². The largest absolute Gasteiger partial charge is 0.432 e. The quantitative estimate of drug-likeness (QED) is 0.0581. The number of aliphatic hydroxyl groups excluding tert-OH is 14. The topological polar surface area (TPSA) is 374 Å². The smallest absolute Gasteiger partial charge is 0.315 e. The fourth-order valence-electron chi connectivity index (χ4n) is 16.3. The summed E-state index contributed by atoms with van der Waals surface area (Å²) in [6, 6.07) is 0. The van der Waals surface area contributed by atoms with E-state index in [9.17, 15) is 71.5 Å². The Balaban J connectivity index is 0.963. The lowest BCUT2D eigenvalue weighted by Crippen LogP contribution is -2.69. The average Bonchev–Trinajstić information content (AvgIpc) is 3.55. The Kier molecular flexibility index (Phi) is 16.5. The summed E-state index contributed by atoms with van der Waals surface area (Å²) >= 11 is 0. The standard InChI is InChI=1S/C53H86O23/c1-22-40(73-43-37(65)31(59)26(58)20-69-43)36(64)39(67)44(70-22)74-41-35(63)33(61)28(19-55)72-46(41)76-47(68)53-14-12-48(2,3)16-24(53)23-8-9-30-49(4)17-25(57)42(75-45-38(66)34(62)32(60)27(18-54)71-45)50(5,21-56)29(49)10-11-52(30,7)51(23,6)13-15-53/h8,22,24-46,54-67H,9-21H2,1-7H3/t22-,24-,25-,26+,27+,28+,29+,30+,31-,32+,33+,34-,35-,36-,37+,38+,39+,40-,41+,42-,43-,44-,45-,46-,49-,50-,51+,52+,53-/m0/s1. The maximum absolute atomic E-state index is 15.4. The molecule has 4 aliphatic heterocycles. The number of ether oxygens (including phenoxy) is 8. The summed E-state index contributed by atoms with van der Waals surface area (Å²) in [5, 5.41) is 152. The van der Waals surface area contributed by atoms with Crippen molar-refractivity contribution in [1.29, 1.82) is 0 Å². The zero-order valence-corrected chi connectivity index (χ0v) is 44.6. The van der Waals surface area contributed by atoms with Crippen LogP contribution in [0.2, 0.25) is 0 Å². The van der Waals surface area contributed by atoms with Gasteiger partial charge in [-0.25, -0.2) is 0 Å². The summed E-state index contributed by atoms with van der Waals surface area (Å²) in [6.07, 6.45) is -25.5. The highest BCUT2D eigenvalue weighted by atomic mass is 16.8. The first kappa shape index (κ1) is 59.0. The molecule has 23 nitrogen and oxygen atoms in total. The van der Waals surface area contributed by atoms with E-state index in [-0.39, 0.29) is 48.2 Å². The lowest BCUT2D eigenvalue weighted by atomic mass is 9.33. The number of aliphatic hydroxyl groups is 14. The Labute approximate surface area is 442 Å². The van der Waals surface area contributed by atoms with Gasteiger partial charge in [0.25, 0.3) is 0 Å². The number of carbonyl (C=O) groups excluding carboxylic acids is 1. The Morgan fingerprint density at radius 1 is 0.605 bits per heavy atom. The molecule has 0 aromatic carbocycles. The van der Waals surface area contributed by atoms with Gasteiger partial charge in [-0.2, -0.15) is 0 Å². The third-order valence-corrected chi connectivity index (χ3v) is 21.1. The van der Waals surface area contributed by atoms with E-state index in [1.807, 2.05) is 6.92 Å². The second-order valence-electron chi connectivity index (χ2n) is 25.8. The van der Waals surface area contributed by atoms with Crippen molar-refractivity contribution in [2.24, 2.45) is 50.2 Å². The normalized spacial score (nSPS) is 55.2. The van der Waals surface area contributed by atoms with Crippen LogP contribution in [0.25, 0.3) is 0 Å². The van der Waals surface area contributed by atoms with Crippen molar-refractivity contribution in [3.8, 4) is 0 Å². The lowest BCUT2D eigenvalue weighted by Gasteiger charge is -2.72. The van der Waals surface area contributed by atoms with E-state index in [0.29, 0.717) is 51.4 Å². The van der Waals surface area contributed by atoms with Gasteiger partial charge in [-0.05, 0) is 104 Å². The van der Waals surface area contributed by atoms with Crippen molar-refractivity contribution in [2.45, 2.75) is 235 Å². The molecule has 0 bridgehead atoms. The Hall–Kier alpha value is -1.63. The van der Waals surface area contributed by atoms with E-state index in [4.69, 9.17) is 37.9 Å². The molecule has 0 unspecified atom stereocenters. The van der Waals surface area contributed by atoms with Gasteiger partial charge in [0.15, 0.2) is 25.0 Å². The molecule has 0 amide bonds. The van der Waals surface area contributed by atoms with Gasteiger partial charge >= 0.3 is 5.97 Å². The van der Waals surface area contributed by atoms with Gasteiger partial charge in [-0.1, -0.05) is 53.2 Å². The maximum atomic E-state index is 15.4. The summed E-state index contributed by atoms with van der Waals surface area (Å²) < 4.78 is 47.5. The molecule has 8 fully saturated rings. The first-order valence-electron chi connectivity index (χ1n) is 27.4. The summed E-state index contributed by atoms with van der Waals surface area (Å²) in [6.45, 7) is 12.2. The van der Waals surface area contributed by atoms with E-state index in [1.165, 1.54) is 6.92 Å². The summed E-state index contributed by atoms with van der Waals surface area (Å²) in [5.41, 5.74) is -2.67. The maximum Gasteiger partial charge on any atom is 0.315 e. The third kappa shape index (κ3) is 9.37. The minimum atomic E-state index is -1.91. The van der Waals surface area contributed by atoms with Crippen LogP contribution in [0.5, 0.6) is 0 Å². The molecule has 76 heavy (non-hydrogen) atoms.